The second-order valence-corrected chi connectivity index (χ2v) is 6.70. The number of ether oxygens (including phenoxy) is 1. The standard InChI is InChI=1S/C20H27NO3/c1-14-10-8-9-11-15(2)20(23)24-18(16(3)21(4)19(14)22)17-12-6-5-7-13-17/h5-9,12-16,18H,10-11H2,1-4H3/b9-8-/t14-,15-,16+,18-/m0/s1. The molecule has 0 saturated heterocycles. The van der Waals surface area contributed by atoms with E-state index in [2.05, 4.69) is 0 Å². The average Bonchev–Trinajstić information content (AvgIpc) is 2.60. The van der Waals surface area contributed by atoms with E-state index in [1.54, 1.807) is 11.9 Å². The highest BCUT2D eigenvalue weighted by Crippen LogP contribution is 2.28. The van der Waals surface area contributed by atoms with Gasteiger partial charge >= 0.3 is 5.97 Å². The Kier molecular flexibility index (Phi) is 6.18. The third kappa shape index (κ3) is 4.25. The molecule has 0 aromatic heterocycles. The fourth-order valence-corrected chi connectivity index (χ4v) is 2.88. The lowest BCUT2D eigenvalue weighted by Crippen LogP contribution is -2.43. The molecule has 0 aliphatic carbocycles. The van der Waals surface area contributed by atoms with Gasteiger partial charge in [-0.1, -0.05) is 56.3 Å². The molecule has 0 N–H and O–H groups in total. The van der Waals surface area contributed by atoms with Gasteiger partial charge in [-0.05, 0) is 25.3 Å². The van der Waals surface area contributed by atoms with Crippen molar-refractivity contribution in [2.45, 2.75) is 45.8 Å². The number of carbonyl (C=O) groups excluding carboxylic acids is 2. The van der Waals surface area contributed by atoms with Crippen LogP contribution in [0.25, 0.3) is 0 Å². The molecule has 2 rings (SSSR count). The fourth-order valence-electron chi connectivity index (χ4n) is 2.88. The molecule has 1 aromatic carbocycles. The minimum Gasteiger partial charge on any atom is -0.455 e. The van der Waals surface area contributed by atoms with E-state index in [-0.39, 0.29) is 29.8 Å². The van der Waals surface area contributed by atoms with Gasteiger partial charge in [0.15, 0.2) is 0 Å². The van der Waals surface area contributed by atoms with Crippen LogP contribution in [0.3, 0.4) is 0 Å². The van der Waals surface area contributed by atoms with Gasteiger partial charge in [-0.15, -0.1) is 0 Å². The summed E-state index contributed by atoms with van der Waals surface area (Å²) in [6.45, 7) is 5.75. The largest absolute Gasteiger partial charge is 0.455 e. The van der Waals surface area contributed by atoms with Crippen LogP contribution in [-0.4, -0.2) is 29.9 Å². The van der Waals surface area contributed by atoms with E-state index in [1.807, 2.05) is 63.3 Å². The average molecular weight is 329 g/mol. The summed E-state index contributed by atoms with van der Waals surface area (Å²) in [6, 6.07) is 9.40. The van der Waals surface area contributed by atoms with Crippen molar-refractivity contribution in [2.24, 2.45) is 11.8 Å². The molecule has 1 amide bonds. The number of carbonyl (C=O) groups is 2. The highest BCUT2D eigenvalue weighted by atomic mass is 16.5. The van der Waals surface area contributed by atoms with E-state index in [9.17, 15) is 9.59 Å². The Hall–Kier alpha value is -2.10. The predicted molar refractivity (Wildman–Crippen MR) is 94.2 cm³/mol. The van der Waals surface area contributed by atoms with Gasteiger partial charge in [-0.2, -0.15) is 0 Å². The molecule has 4 nitrogen and oxygen atoms in total. The van der Waals surface area contributed by atoms with E-state index < -0.39 is 6.10 Å². The molecular weight excluding hydrogens is 302 g/mol. The zero-order valence-electron chi connectivity index (χ0n) is 14.9. The van der Waals surface area contributed by atoms with E-state index in [0.29, 0.717) is 12.8 Å². The van der Waals surface area contributed by atoms with Crippen molar-refractivity contribution < 1.29 is 14.3 Å². The van der Waals surface area contributed by atoms with Crippen molar-refractivity contribution >= 4 is 11.9 Å². The number of rotatable bonds is 1. The maximum absolute atomic E-state index is 12.6. The number of esters is 1. The summed E-state index contributed by atoms with van der Waals surface area (Å²) in [6.07, 6.45) is 4.81. The SMILES string of the molecule is C[C@@H]1[C@@H](c2ccccc2)OC(=O)[C@@H](C)C/C=C\C[C@H](C)C(=O)N1C. The Labute approximate surface area is 144 Å². The predicted octanol–water partition coefficient (Wildman–Crippen LogP) is 3.74. The number of likely N-dealkylation sites (N-methyl/N-ethyl adjacent to an activating group) is 1. The maximum Gasteiger partial charge on any atom is 0.309 e. The molecule has 0 radical (unpaired) electrons. The number of hydrogen-bond acceptors (Lipinski definition) is 3. The molecule has 0 unspecified atom stereocenters. The minimum atomic E-state index is -0.467. The molecule has 4 atom stereocenters. The second kappa shape index (κ2) is 8.13. The van der Waals surface area contributed by atoms with E-state index >= 15 is 0 Å². The summed E-state index contributed by atoms with van der Waals surface area (Å²) in [5.74, 6) is -0.446. The molecule has 0 bridgehead atoms. The van der Waals surface area contributed by atoms with Crippen LogP contribution in [0.5, 0.6) is 0 Å². The van der Waals surface area contributed by atoms with Crippen LogP contribution in [-0.2, 0) is 14.3 Å². The number of nitrogens with zero attached hydrogens (tertiary/aromatic N) is 1. The summed E-state index contributed by atoms with van der Waals surface area (Å²) < 4.78 is 5.82. The normalized spacial score (nSPS) is 30.9. The van der Waals surface area contributed by atoms with Crippen LogP contribution >= 0.6 is 0 Å². The summed E-state index contributed by atoms with van der Waals surface area (Å²) in [5, 5.41) is 0. The highest BCUT2D eigenvalue weighted by molar-refractivity contribution is 5.79. The van der Waals surface area contributed by atoms with Gasteiger partial charge in [-0.3, -0.25) is 9.59 Å². The van der Waals surface area contributed by atoms with Crippen molar-refractivity contribution in [3.63, 3.8) is 0 Å². The van der Waals surface area contributed by atoms with Gasteiger partial charge in [0.1, 0.15) is 6.10 Å². The topological polar surface area (TPSA) is 46.6 Å². The van der Waals surface area contributed by atoms with Crippen LogP contribution in [0.4, 0.5) is 0 Å². The molecule has 130 valence electrons. The third-order valence-electron chi connectivity index (χ3n) is 4.74. The minimum absolute atomic E-state index is 0.0674. The summed E-state index contributed by atoms with van der Waals surface area (Å²) >= 11 is 0. The quantitative estimate of drug-likeness (QED) is 0.582. The van der Waals surface area contributed by atoms with Crippen LogP contribution in [0.1, 0.15) is 45.3 Å². The second-order valence-electron chi connectivity index (χ2n) is 6.70. The molecule has 24 heavy (non-hydrogen) atoms. The van der Waals surface area contributed by atoms with E-state index in [0.717, 1.165) is 5.56 Å². The smallest absolute Gasteiger partial charge is 0.309 e. The van der Waals surface area contributed by atoms with E-state index in [1.165, 1.54) is 0 Å². The van der Waals surface area contributed by atoms with Crippen LogP contribution in [0.15, 0.2) is 42.5 Å². The Morgan fingerprint density at radius 3 is 2.17 bits per heavy atom. The fraction of sp³-hybridized carbons (Fsp3) is 0.500. The number of hydrogen-bond donors (Lipinski definition) is 0. The Morgan fingerprint density at radius 2 is 1.54 bits per heavy atom. The lowest BCUT2D eigenvalue weighted by Gasteiger charge is -2.34. The van der Waals surface area contributed by atoms with Crippen molar-refractivity contribution in [1.82, 2.24) is 4.90 Å². The third-order valence-corrected chi connectivity index (χ3v) is 4.74. The zero-order chi connectivity index (χ0) is 17.7. The molecule has 4 heteroatoms. The van der Waals surface area contributed by atoms with Gasteiger partial charge in [-0.25, -0.2) is 0 Å². The molecule has 1 aliphatic heterocycles. The number of cyclic esters (lactones) is 1. The zero-order valence-corrected chi connectivity index (χ0v) is 14.9. The Bertz CT molecular complexity index is 596. The number of allylic oxidation sites excluding steroid dienone is 2. The monoisotopic (exact) mass is 329 g/mol. The van der Waals surface area contributed by atoms with Crippen molar-refractivity contribution in [1.29, 1.82) is 0 Å². The first-order valence-electron chi connectivity index (χ1n) is 8.59. The van der Waals surface area contributed by atoms with Gasteiger partial charge in [0.25, 0.3) is 0 Å². The first-order chi connectivity index (χ1) is 11.4. The van der Waals surface area contributed by atoms with Gasteiger partial charge in [0, 0.05) is 13.0 Å². The van der Waals surface area contributed by atoms with Crippen molar-refractivity contribution in [3.05, 3.63) is 48.0 Å². The first kappa shape index (κ1) is 18.2. The van der Waals surface area contributed by atoms with Gasteiger partial charge < -0.3 is 9.64 Å². The molecule has 0 spiro atoms. The van der Waals surface area contributed by atoms with Crippen molar-refractivity contribution in [2.75, 3.05) is 7.05 Å². The number of amides is 1. The maximum atomic E-state index is 12.6. The summed E-state index contributed by atoms with van der Waals surface area (Å²) in [7, 11) is 1.78. The number of benzene rings is 1. The lowest BCUT2D eigenvalue weighted by molar-refractivity contribution is -0.160. The van der Waals surface area contributed by atoms with Crippen LogP contribution in [0, 0.1) is 11.8 Å². The van der Waals surface area contributed by atoms with Crippen LogP contribution in [0.2, 0.25) is 0 Å². The van der Waals surface area contributed by atoms with Crippen LogP contribution < -0.4 is 0 Å². The molecule has 0 fully saturated rings. The first-order valence-corrected chi connectivity index (χ1v) is 8.59. The van der Waals surface area contributed by atoms with Gasteiger partial charge in [0.2, 0.25) is 5.91 Å². The Balaban J connectivity index is 2.36. The molecule has 0 saturated carbocycles. The summed E-state index contributed by atoms with van der Waals surface area (Å²) in [5.41, 5.74) is 0.908. The van der Waals surface area contributed by atoms with Gasteiger partial charge in [0.05, 0.1) is 12.0 Å². The molecule has 1 aliphatic rings. The molecule has 1 aromatic rings. The molecular formula is C20H27NO3. The molecule has 1 heterocycles. The van der Waals surface area contributed by atoms with E-state index in [4.69, 9.17) is 4.74 Å². The summed E-state index contributed by atoms with van der Waals surface area (Å²) in [4.78, 5) is 26.8. The van der Waals surface area contributed by atoms with Crippen molar-refractivity contribution in [3.8, 4) is 0 Å². The highest BCUT2D eigenvalue weighted by Gasteiger charge is 2.32. The Morgan fingerprint density at radius 1 is 0.958 bits per heavy atom. The lowest BCUT2D eigenvalue weighted by atomic mass is 9.98.